The number of nitrogens with two attached hydrogens (primary N) is 1. The van der Waals surface area contributed by atoms with Crippen LogP contribution in [0, 0.1) is 6.92 Å². The minimum absolute atomic E-state index is 0.598. The summed E-state index contributed by atoms with van der Waals surface area (Å²) >= 11 is 0. The van der Waals surface area contributed by atoms with Gasteiger partial charge in [0.05, 0.1) is 17.4 Å². The fraction of sp³-hybridized carbons (Fsp3) is 0.150. The van der Waals surface area contributed by atoms with Crippen LogP contribution in [0.3, 0.4) is 0 Å². The number of benzene rings is 1. The number of aromatic nitrogens is 4. The number of rotatable bonds is 4. The van der Waals surface area contributed by atoms with E-state index >= 15 is 0 Å². The van der Waals surface area contributed by atoms with Crippen LogP contribution in [0.25, 0.3) is 28.0 Å². The van der Waals surface area contributed by atoms with Gasteiger partial charge in [0.1, 0.15) is 0 Å². The molecule has 2 N–H and O–H groups in total. The molecule has 0 saturated heterocycles. The molecule has 0 saturated carbocycles. The van der Waals surface area contributed by atoms with E-state index in [1.807, 2.05) is 54.2 Å². The van der Waals surface area contributed by atoms with Gasteiger partial charge in [0.25, 0.3) is 0 Å². The van der Waals surface area contributed by atoms with Crippen LogP contribution in [0.4, 0.5) is 0 Å². The number of hydrogen-bond acceptors (Lipinski definition) is 4. The van der Waals surface area contributed by atoms with E-state index < -0.39 is 0 Å². The molecule has 0 amide bonds. The molecule has 0 spiro atoms. The Hall–Kier alpha value is -3.05. The van der Waals surface area contributed by atoms with Gasteiger partial charge in [0, 0.05) is 28.8 Å². The summed E-state index contributed by atoms with van der Waals surface area (Å²) in [6, 6.07) is 18.3. The third-order valence-corrected chi connectivity index (χ3v) is 4.16. The molecule has 0 fully saturated rings. The van der Waals surface area contributed by atoms with Crippen LogP contribution >= 0.6 is 0 Å². The average molecular weight is 329 g/mol. The maximum Gasteiger partial charge on any atom is 0.154 e. The van der Waals surface area contributed by atoms with Crippen LogP contribution in [0.2, 0.25) is 0 Å². The molecule has 0 radical (unpaired) electrons. The quantitative estimate of drug-likeness (QED) is 0.624. The molecule has 4 rings (SSSR count). The molecule has 0 aliphatic carbocycles. The SMILES string of the molecule is Cc1cccc(-n2ncc3ccc(-c4cccc(CCN)n4)cc32)n1. The molecule has 0 bridgehead atoms. The molecule has 0 unspecified atom stereocenters. The maximum absolute atomic E-state index is 5.65. The van der Waals surface area contributed by atoms with Gasteiger partial charge >= 0.3 is 0 Å². The first kappa shape index (κ1) is 15.5. The van der Waals surface area contributed by atoms with Gasteiger partial charge in [-0.15, -0.1) is 0 Å². The lowest BCUT2D eigenvalue weighted by Crippen LogP contribution is -2.04. The monoisotopic (exact) mass is 329 g/mol. The minimum atomic E-state index is 0.598. The van der Waals surface area contributed by atoms with Gasteiger partial charge in [-0.2, -0.15) is 5.10 Å². The smallest absolute Gasteiger partial charge is 0.154 e. The molecule has 3 aromatic heterocycles. The summed E-state index contributed by atoms with van der Waals surface area (Å²) in [5.41, 5.74) is 10.6. The number of nitrogens with zero attached hydrogens (tertiary/aromatic N) is 4. The number of hydrogen-bond donors (Lipinski definition) is 1. The van der Waals surface area contributed by atoms with Crippen molar-refractivity contribution in [3.8, 4) is 17.1 Å². The van der Waals surface area contributed by atoms with Gasteiger partial charge in [0.15, 0.2) is 5.82 Å². The molecule has 4 aromatic rings. The summed E-state index contributed by atoms with van der Waals surface area (Å²) in [4.78, 5) is 9.29. The van der Waals surface area contributed by atoms with Crippen LogP contribution in [-0.2, 0) is 6.42 Å². The van der Waals surface area contributed by atoms with Gasteiger partial charge in [-0.3, -0.25) is 4.98 Å². The molecular formula is C20H19N5. The Morgan fingerprint density at radius 1 is 1.00 bits per heavy atom. The predicted octanol–water partition coefficient (Wildman–Crippen LogP) is 3.29. The second kappa shape index (κ2) is 6.45. The van der Waals surface area contributed by atoms with Crippen molar-refractivity contribution in [2.45, 2.75) is 13.3 Å². The Bertz CT molecular complexity index is 1040. The molecule has 3 heterocycles. The van der Waals surface area contributed by atoms with Crippen LogP contribution in [0.15, 0.2) is 60.8 Å². The van der Waals surface area contributed by atoms with Gasteiger partial charge in [-0.1, -0.05) is 24.3 Å². The van der Waals surface area contributed by atoms with Crippen molar-refractivity contribution in [2.24, 2.45) is 5.73 Å². The van der Waals surface area contributed by atoms with Gasteiger partial charge in [-0.05, 0) is 43.8 Å². The highest BCUT2D eigenvalue weighted by atomic mass is 15.3. The van der Waals surface area contributed by atoms with Crippen LogP contribution in [-0.4, -0.2) is 26.3 Å². The van der Waals surface area contributed by atoms with Crippen LogP contribution in [0.1, 0.15) is 11.4 Å². The van der Waals surface area contributed by atoms with E-state index in [2.05, 4.69) is 28.3 Å². The Balaban J connectivity index is 1.82. The Morgan fingerprint density at radius 3 is 2.72 bits per heavy atom. The van der Waals surface area contributed by atoms with Crippen molar-refractivity contribution in [3.05, 3.63) is 72.2 Å². The highest BCUT2D eigenvalue weighted by Gasteiger charge is 2.09. The molecule has 124 valence electrons. The topological polar surface area (TPSA) is 69.6 Å². The number of aryl methyl sites for hydroxylation is 1. The van der Waals surface area contributed by atoms with Gasteiger partial charge < -0.3 is 5.73 Å². The molecule has 5 nitrogen and oxygen atoms in total. The predicted molar refractivity (Wildman–Crippen MR) is 99.6 cm³/mol. The first-order valence-corrected chi connectivity index (χ1v) is 8.33. The zero-order chi connectivity index (χ0) is 17.2. The summed E-state index contributed by atoms with van der Waals surface area (Å²) < 4.78 is 1.87. The fourth-order valence-corrected chi connectivity index (χ4v) is 2.93. The molecule has 1 aromatic carbocycles. The van der Waals surface area contributed by atoms with Gasteiger partial charge in [-0.25, -0.2) is 9.67 Å². The minimum Gasteiger partial charge on any atom is -0.330 e. The number of fused-ring (bicyclic) bond motifs is 1. The summed E-state index contributed by atoms with van der Waals surface area (Å²) in [5, 5.41) is 5.58. The van der Waals surface area contributed by atoms with E-state index in [-0.39, 0.29) is 0 Å². The molecule has 25 heavy (non-hydrogen) atoms. The second-order valence-corrected chi connectivity index (χ2v) is 6.02. The van der Waals surface area contributed by atoms with Crippen molar-refractivity contribution in [1.29, 1.82) is 0 Å². The summed E-state index contributed by atoms with van der Waals surface area (Å²) in [6.07, 6.45) is 2.64. The molecule has 5 heteroatoms. The van der Waals surface area contributed by atoms with Crippen molar-refractivity contribution in [2.75, 3.05) is 6.54 Å². The van der Waals surface area contributed by atoms with E-state index in [0.717, 1.165) is 45.8 Å². The Labute approximate surface area is 146 Å². The lowest BCUT2D eigenvalue weighted by Gasteiger charge is -2.07. The van der Waals surface area contributed by atoms with Crippen molar-refractivity contribution < 1.29 is 0 Å². The zero-order valence-electron chi connectivity index (χ0n) is 14.1. The van der Waals surface area contributed by atoms with Crippen molar-refractivity contribution in [3.63, 3.8) is 0 Å². The molecule has 0 aliphatic rings. The second-order valence-electron chi connectivity index (χ2n) is 6.02. The standard InChI is InChI=1S/C20H19N5/c1-14-4-2-7-20(23-14)25-19-12-15(8-9-16(19)13-22-25)18-6-3-5-17(24-18)10-11-21/h2-9,12-13H,10-11,21H2,1H3. The fourth-order valence-electron chi connectivity index (χ4n) is 2.93. The lowest BCUT2D eigenvalue weighted by atomic mass is 10.1. The Kier molecular flexibility index (Phi) is 3.99. The summed E-state index contributed by atoms with van der Waals surface area (Å²) in [5.74, 6) is 0.817. The molecule has 0 atom stereocenters. The summed E-state index contributed by atoms with van der Waals surface area (Å²) in [6.45, 7) is 2.58. The van der Waals surface area contributed by atoms with Gasteiger partial charge in [0.2, 0.25) is 0 Å². The maximum atomic E-state index is 5.65. The van der Waals surface area contributed by atoms with Crippen LogP contribution in [0.5, 0.6) is 0 Å². The third-order valence-electron chi connectivity index (χ3n) is 4.16. The van der Waals surface area contributed by atoms with Crippen molar-refractivity contribution >= 4 is 10.9 Å². The highest BCUT2D eigenvalue weighted by Crippen LogP contribution is 2.25. The molecule has 0 aliphatic heterocycles. The van der Waals surface area contributed by atoms with E-state index in [4.69, 9.17) is 10.7 Å². The van der Waals surface area contributed by atoms with E-state index in [9.17, 15) is 0 Å². The average Bonchev–Trinajstić information content (AvgIpc) is 3.05. The first-order chi connectivity index (χ1) is 12.2. The largest absolute Gasteiger partial charge is 0.330 e. The van der Waals surface area contributed by atoms with Crippen molar-refractivity contribution in [1.82, 2.24) is 19.7 Å². The van der Waals surface area contributed by atoms with E-state index in [1.54, 1.807) is 0 Å². The van der Waals surface area contributed by atoms with Crippen LogP contribution < -0.4 is 5.73 Å². The lowest BCUT2D eigenvalue weighted by molar-refractivity contribution is 0.867. The normalized spacial score (nSPS) is 11.1. The summed E-state index contributed by atoms with van der Waals surface area (Å²) in [7, 11) is 0. The van der Waals surface area contributed by atoms with E-state index in [0.29, 0.717) is 6.54 Å². The zero-order valence-corrected chi connectivity index (χ0v) is 14.1. The third kappa shape index (κ3) is 3.02. The molecular weight excluding hydrogens is 310 g/mol. The first-order valence-electron chi connectivity index (χ1n) is 8.33. The highest BCUT2D eigenvalue weighted by molar-refractivity contribution is 5.84. The van der Waals surface area contributed by atoms with E-state index in [1.165, 1.54) is 0 Å². The Morgan fingerprint density at radius 2 is 1.88 bits per heavy atom. The number of pyridine rings is 2.